The van der Waals surface area contributed by atoms with Gasteiger partial charge in [0.05, 0.1) is 12.1 Å². The van der Waals surface area contributed by atoms with Crippen molar-refractivity contribution in [3.63, 3.8) is 0 Å². The summed E-state index contributed by atoms with van der Waals surface area (Å²) in [7, 11) is 0. The van der Waals surface area contributed by atoms with Crippen LogP contribution >= 0.6 is 11.8 Å². The Hall–Kier alpha value is -3.24. The number of nitrogens with zero attached hydrogens (tertiary/aromatic N) is 4. The topological polar surface area (TPSA) is 89.5 Å². The van der Waals surface area contributed by atoms with Crippen molar-refractivity contribution in [3.8, 4) is 12.1 Å². The Bertz CT molecular complexity index is 1010. The molecule has 0 radical (unpaired) electrons. The van der Waals surface area contributed by atoms with Gasteiger partial charge in [0, 0.05) is 10.5 Å². The molecule has 1 aliphatic heterocycles. The molecule has 1 aromatic rings. The monoisotopic (exact) mass is 434 g/mol. The van der Waals surface area contributed by atoms with Crippen LogP contribution in [-0.2, 0) is 10.9 Å². The second kappa shape index (κ2) is 8.64. The van der Waals surface area contributed by atoms with Gasteiger partial charge in [0.25, 0.3) is 0 Å². The molecule has 6 nitrogen and oxygen atoms in total. The highest BCUT2D eigenvalue weighted by molar-refractivity contribution is 8.17. The molecule has 1 heterocycles. The van der Waals surface area contributed by atoms with Crippen molar-refractivity contribution in [3.05, 3.63) is 52.4 Å². The van der Waals surface area contributed by atoms with E-state index < -0.39 is 29.0 Å². The van der Waals surface area contributed by atoms with E-state index in [2.05, 4.69) is 11.6 Å². The highest BCUT2D eigenvalue weighted by Gasteiger charge is 2.34. The molecule has 0 bridgehead atoms. The molecule has 0 N–H and O–H groups in total. The minimum Gasteiger partial charge on any atom is -0.443 e. The summed E-state index contributed by atoms with van der Waals surface area (Å²) in [6.07, 6.45) is -5.35. The van der Waals surface area contributed by atoms with Gasteiger partial charge in [0.15, 0.2) is 10.7 Å². The third kappa shape index (κ3) is 5.65. The lowest BCUT2D eigenvalue weighted by Crippen LogP contribution is -2.37. The Morgan fingerprint density at radius 1 is 1.27 bits per heavy atom. The molecule has 0 spiro atoms. The van der Waals surface area contributed by atoms with Gasteiger partial charge in [-0.1, -0.05) is 30.5 Å². The molecule has 0 atom stereocenters. The Balaban J connectivity index is 2.59. The summed E-state index contributed by atoms with van der Waals surface area (Å²) < 4.78 is 44.7. The molecule has 0 saturated carbocycles. The normalized spacial score (nSPS) is 15.5. The van der Waals surface area contributed by atoms with E-state index in [4.69, 9.17) is 4.74 Å². The number of benzene rings is 1. The Kier molecular flexibility index (Phi) is 6.63. The van der Waals surface area contributed by atoms with Gasteiger partial charge in [0.2, 0.25) is 0 Å². The molecule has 10 heteroatoms. The minimum absolute atomic E-state index is 0.0460. The first-order valence-electron chi connectivity index (χ1n) is 8.52. The third-order valence-electron chi connectivity index (χ3n) is 3.55. The maximum atomic E-state index is 13.1. The van der Waals surface area contributed by atoms with Gasteiger partial charge in [-0.05, 0) is 32.9 Å². The Morgan fingerprint density at radius 2 is 1.90 bits per heavy atom. The molecule has 1 fully saturated rings. The lowest BCUT2D eigenvalue weighted by Gasteiger charge is -2.24. The highest BCUT2D eigenvalue weighted by Crippen LogP contribution is 2.35. The van der Waals surface area contributed by atoms with Gasteiger partial charge in [-0.15, -0.1) is 0 Å². The van der Waals surface area contributed by atoms with E-state index in [1.807, 2.05) is 0 Å². The summed E-state index contributed by atoms with van der Waals surface area (Å²) in [4.78, 5) is 18.4. The van der Waals surface area contributed by atoms with Crippen molar-refractivity contribution >= 4 is 28.7 Å². The maximum Gasteiger partial charge on any atom is 0.416 e. The first kappa shape index (κ1) is 23.0. The van der Waals surface area contributed by atoms with Crippen LogP contribution in [0.25, 0.3) is 5.70 Å². The minimum atomic E-state index is -4.62. The first-order valence-corrected chi connectivity index (χ1v) is 9.34. The standard InChI is InChI=1S/C20H17F3N4O2S/c1-12-11-27(18(28)29-19(2,3)4)17(30-12)26-16(14(9-24)10-25)13-6-5-7-15(8-13)20(21,22)23/h5-8H,1,11H2,2-4H3. The van der Waals surface area contributed by atoms with Crippen LogP contribution in [0.15, 0.2) is 46.3 Å². The average Bonchev–Trinajstić information content (AvgIpc) is 3.00. The van der Waals surface area contributed by atoms with Crippen molar-refractivity contribution in [2.45, 2.75) is 32.5 Å². The zero-order valence-corrected chi connectivity index (χ0v) is 17.2. The summed E-state index contributed by atoms with van der Waals surface area (Å²) in [5, 5.41) is 18.6. The Labute approximate surface area is 175 Å². The number of amides is 1. The van der Waals surface area contributed by atoms with Crippen molar-refractivity contribution in [1.82, 2.24) is 4.90 Å². The number of thioether (sulfide) groups is 1. The predicted molar refractivity (Wildman–Crippen MR) is 107 cm³/mol. The summed E-state index contributed by atoms with van der Waals surface area (Å²) in [6.45, 7) is 8.89. The predicted octanol–water partition coefficient (Wildman–Crippen LogP) is 5.32. The largest absolute Gasteiger partial charge is 0.443 e. The number of nitriles is 2. The molecular weight excluding hydrogens is 417 g/mol. The number of carbonyl (C=O) groups is 1. The SMILES string of the molecule is C=C1CN(C(=O)OC(C)(C)C)C(=NC(=C(C#N)C#N)c2cccc(C(F)(F)F)c2)S1. The molecule has 1 saturated heterocycles. The van der Waals surface area contributed by atoms with E-state index in [1.165, 1.54) is 6.07 Å². The number of alkyl halides is 3. The molecule has 1 amide bonds. The molecule has 1 aliphatic rings. The second-order valence-corrected chi connectivity index (χ2v) is 8.27. The number of aliphatic imine (C=N–C) groups is 1. The van der Waals surface area contributed by atoms with E-state index in [9.17, 15) is 28.5 Å². The van der Waals surface area contributed by atoms with Crippen LogP contribution in [-0.4, -0.2) is 28.3 Å². The molecule has 0 aliphatic carbocycles. The van der Waals surface area contributed by atoms with E-state index in [-0.39, 0.29) is 23.0 Å². The van der Waals surface area contributed by atoms with Crippen molar-refractivity contribution in [2.75, 3.05) is 6.54 Å². The summed E-state index contributed by atoms with van der Waals surface area (Å²) >= 11 is 1.00. The third-order valence-corrected chi connectivity index (χ3v) is 4.46. The van der Waals surface area contributed by atoms with Gasteiger partial charge >= 0.3 is 12.3 Å². The smallest absolute Gasteiger partial charge is 0.416 e. The van der Waals surface area contributed by atoms with Crippen LogP contribution in [0.2, 0.25) is 0 Å². The molecule has 0 unspecified atom stereocenters. The number of rotatable bonds is 2. The number of hydrogen-bond donors (Lipinski definition) is 0. The summed E-state index contributed by atoms with van der Waals surface area (Å²) in [5.41, 5.74) is -2.61. The number of carbonyl (C=O) groups excluding carboxylic acids is 1. The fraction of sp³-hybridized carbons (Fsp3) is 0.300. The molecule has 156 valence electrons. The molecule has 0 aromatic heterocycles. The highest BCUT2D eigenvalue weighted by atomic mass is 32.2. The van der Waals surface area contributed by atoms with E-state index in [1.54, 1.807) is 32.9 Å². The van der Waals surface area contributed by atoms with Crippen molar-refractivity contribution in [1.29, 1.82) is 10.5 Å². The average molecular weight is 434 g/mol. The number of allylic oxidation sites excluding steroid dienone is 1. The van der Waals surface area contributed by atoms with Crippen LogP contribution in [0.3, 0.4) is 0 Å². The number of halogens is 3. The van der Waals surface area contributed by atoms with Gasteiger partial charge in [-0.3, -0.25) is 4.90 Å². The zero-order chi connectivity index (χ0) is 22.7. The summed E-state index contributed by atoms with van der Waals surface area (Å²) in [6, 6.07) is 7.39. The fourth-order valence-electron chi connectivity index (χ4n) is 2.34. The van der Waals surface area contributed by atoms with Crippen LogP contribution < -0.4 is 0 Å². The zero-order valence-electron chi connectivity index (χ0n) is 16.4. The van der Waals surface area contributed by atoms with Crippen LogP contribution in [0.4, 0.5) is 18.0 Å². The number of ether oxygens (including phenoxy) is 1. The van der Waals surface area contributed by atoms with Crippen LogP contribution in [0.1, 0.15) is 31.9 Å². The quantitative estimate of drug-likeness (QED) is 0.588. The second-order valence-electron chi connectivity index (χ2n) is 7.13. The Morgan fingerprint density at radius 3 is 2.43 bits per heavy atom. The van der Waals surface area contributed by atoms with E-state index >= 15 is 0 Å². The lowest BCUT2D eigenvalue weighted by atomic mass is 10.0. The van der Waals surface area contributed by atoms with Gasteiger partial charge in [-0.25, -0.2) is 9.79 Å². The summed E-state index contributed by atoms with van der Waals surface area (Å²) in [5.74, 6) is 0. The molecule has 30 heavy (non-hydrogen) atoms. The number of hydrogen-bond acceptors (Lipinski definition) is 6. The van der Waals surface area contributed by atoms with E-state index in [0.29, 0.717) is 4.91 Å². The van der Waals surface area contributed by atoms with Crippen molar-refractivity contribution < 1.29 is 22.7 Å². The lowest BCUT2D eigenvalue weighted by molar-refractivity contribution is -0.137. The fourth-order valence-corrected chi connectivity index (χ4v) is 3.18. The van der Waals surface area contributed by atoms with Crippen molar-refractivity contribution in [2.24, 2.45) is 4.99 Å². The van der Waals surface area contributed by atoms with Gasteiger partial charge < -0.3 is 4.74 Å². The van der Waals surface area contributed by atoms with E-state index in [0.717, 1.165) is 34.9 Å². The number of amidine groups is 1. The first-order chi connectivity index (χ1) is 13.9. The molecule has 1 aromatic carbocycles. The molecular formula is C20H17F3N4O2S. The van der Waals surface area contributed by atoms with Gasteiger partial charge in [0.1, 0.15) is 23.4 Å². The van der Waals surface area contributed by atoms with Gasteiger partial charge in [-0.2, -0.15) is 23.7 Å². The van der Waals surface area contributed by atoms with Crippen LogP contribution in [0, 0.1) is 22.7 Å². The molecule has 2 rings (SSSR count). The maximum absolute atomic E-state index is 13.1. The van der Waals surface area contributed by atoms with Crippen LogP contribution in [0.5, 0.6) is 0 Å².